The van der Waals surface area contributed by atoms with Gasteiger partial charge in [-0.05, 0) is 31.2 Å². The van der Waals surface area contributed by atoms with Crippen LogP contribution in [0, 0.1) is 0 Å². The highest BCUT2D eigenvalue weighted by molar-refractivity contribution is 9.10. The molecule has 0 aliphatic carbocycles. The van der Waals surface area contributed by atoms with Crippen molar-refractivity contribution < 1.29 is 13.2 Å². The Bertz CT molecular complexity index is 617. The number of halogens is 4. The van der Waals surface area contributed by atoms with Crippen LogP contribution >= 0.6 is 27.3 Å². The normalized spacial score (nSPS) is 24.2. The van der Waals surface area contributed by atoms with Gasteiger partial charge in [-0.3, -0.25) is 0 Å². The number of rotatable bonds is 1. The number of thiazole rings is 1. The van der Waals surface area contributed by atoms with Gasteiger partial charge < -0.3 is 5.32 Å². The predicted octanol–water partition coefficient (Wildman–Crippen LogP) is 3.85. The van der Waals surface area contributed by atoms with E-state index < -0.39 is 11.6 Å². The first-order valence-corrected chi connectivity index (χ1v) is 7.37. The topological polar surface area (TPSA) is 24.9 Å². The molecular weight excluding hydrogens is 341 g/mol. The first-order valence-electron chi connectivity index (χ1n) is 5.76. The maximum Gasteiger partial charge on any atom is 0.402 e. The van der Waals surface area contributed by atoms with Crippen LogP contribution in [-0.4, -0.2) is 24.2 Å². The van der Waals surface area contributed by atoms with Gasteiger partial charge in [0, 0.05) is 11.0 Å². The zero-order valence-electron chi connectivity index (χ0n) is 9.72. The van der Waals surface area contributed by atoms with E-state index in [4.69, 9.17) is 0 Å². The fraction of sp³-hybridized carbons (Fsp3) is 0.417. The smallest absolute Gasteiger partial charge is 0.315 e. The number of nitrogens with one attached hydrogen (secondary N) is 1. The van der Waals surface area contributed by atoms with Crippen LogP contribution in [0.4, 0.5) is 13.2 Å². The largest absolute Gasteiger partial charge is 0.402 e. The molecule has 0 radical (unpaired) electrons. The van der Waals surface area contributed by atoms with Crippen LogP contribution in [0.1, 0.15) is 11.4 Å². The van der Waals surface area contributed by atoms with Crippen LogP contribution < -0.4 is 5.32 Å². The number of hydrogen-bond acceptors (Lipinski definition) is 3. The zero-order chi connectivity index (χ0) is 13.7. The van der Waals surface area contributed by atoms with E-state index in [1.54, 1.807) is 12.1 Å². The van der Waals surface area contributed by atoms with Crippen molar-refractivity contribution in [2.45, 2.75) is 18.0 Å². The van der Waals surface area contributed by atoms with Crippen molar-refractivity contribution in [3.63, 3.8) is 0 Å². The molecule has 1 unspecified atom stereocenters. The molecule has 7 heteroatoms. The van der Waals surface area contributed by atoms with Crippen molar-refractivity contribution in [3.8, 4) is 0 Å². The van der Waals surface area contributed by atoms with E-state index in [9.17, 15) is 13.2 Å². The summed E-state index contributed by atoms with van der Waals surface area (Å²) in [6.07, 6.45) is -4.22. The van der Waals surface area contributed by atoms with E-state index in [-0.39, 0.29) is 18.0 Å². The maximum atomic E-state index is 13.4. The number of benzene rings is 1. The SMILES string of the molecule is FC(F)(F)C1(c2nc3cc(Br)ccc3s2)CCNC1. The Morgan fingerprint density at radius 3 is 2.79 bits per heavy atom. The summed E-state index contributed by atoms with van der Waals surface area (Å²) in [5, 5.41) is 2.98. The summed E-state index contributed by atoms with van der Waals surface area (Å²) in [5.74, 6) is 0. The third-order valence-electron chi connectivity index (χ3n) is 3.46. The Morgan fingerprint density at radius 2 is 2.16 bits per heavy atom. The molecule has 1 aromatic heterocycles. The van der Waals surface area contributed by atoms with E-state index in [0.29, 0.717) is 12.1 Å². The Hall–Kier alpha value is -0.660. The lowest BCUT2D eigenvalue weighted by atomic mass is 9.87. The molecular formula is C12H10BrF3N2S. The highest BCUT2D eigenvalue weighted by Gasteiger charge is 2.59. The monoisotopic (exact) mass is 350 g/mol. The van der Waals surface area contributed by atoms with E-state index in [1.165, 1.54) is 0 Å². The van der Waals surface area contributed by atoms with Crippen LogP contribution in [0.15, 0.2) is 22.7 Å². The first kappa shape index (κ1) is 13.3. The molecule has 1 N–H and O–H groups in total. The zero-order valence-corrected chi connectivity index (χ0v) is 12.1. The van der Waals surface area contributed by atoms with Crippen molar-refractivity contribution >= 4 is 37.5 Å². The van der Waals surface area contributed by atoms with E-state index in [1.807, 2.05) is 6.07 Å². The predicted molar refractivity (Wildman–Crippen MR) is 72.5 cm³/mol. The van der Waals surface area contributed by atoms with Gasteiger partial charge in [-0.15, -0.1) is 11.3 Å². The van der Waals surface area contributed by atoms with Crippen molar-refractivity contribution in [1.82, 2.24) is 10.3 Å². The minimum atomic E-state index is -4.28. The van der Waals surface area contributed by atoms with Gasteiger partial charge >= 0.3 is 6.18 Å². The molecule has 2 nitrogen and oxygen atoms in total. The van der Waals surface area contributed by atoms with Crippen molar-refractivity contribution in [2.24, 2.45) is 0 Å². The highest BCUT2D eigenvalue weighted by atomic mass is 79.9. The van der Waals surface area contributed by atoms with Crippen molar-refractivity contribution in [1.29, 1.82) is 0 Å². The van der Waals surface area contributed by atoms with Gasteiger partial charge in [-0.25, -0.2) is 4.98 Å². The molecule has 2 aromatic rings. The second-order valence-electron chi connectivity index (χ2n) is 4.64. The average Bonchev–Trinajstić information content (AvgIpc) is 2.93. The number of aromatic nitrogens is 1. The quantitative estimate of drug-likeness (QED) is 0.844. The third-order valence-corrected chi connectivity index (χ3v) is 5.19. The molecule has 0 amide bonds. The van der Waals surface area contributed by atoms with Crippen LogP contribution in [0.5, 0.6) is 0 Å². The van der Waals surface area contributed by atoms with Gasteiger partial charge in [-0.2, -0.15) is 13.2 Å². The number of hydrogen-bond donors (Lipinski definition) is 1. The van der Waals surface area contributed by atoms with Crippen molar-refractivity contribution in [3.05, 3.63) is 27.7 Å². The summed E-state index contributed by atoms with van der Waals surface area (Å²) in [5.41, 5.74) is -1.21. The Balaban J connectivity index is 2.16. The molecule has 1 fully saturated rings. The molecule has 2 heterocycles. The molecule has 0 saturated carbocycles. The third kappa shape index (κ3) is 2.08. The van der Waals surface area contributed by atoms with Gasteiger partial charge in [-0.1, -0.05) is 15.9 Å². The van der Waals surface area contributed by atoms with Gasteiger partial charge in [0.05, 0.1) is 10.2 Å². The Morgan fingerprint density at radius 1 is 1.37 bits per heavy atom. The molecule has 0 spiro atoms. The summed E-state index contributed by atoms with van der Waals surface area (Å²) in [7, 11) is 0. The molecule has 102 valence electrons. The molecule has 19 heavy (non-hydrogen) atoms. The lowest BCUT2D eigenvalue weighted by Gasteiger charge is -2.28. The average molecular weight is 351 g/mol. The van der Waals surface area contributed by atoms with E-state index in [0.717, 1.165) is 20.5 Å². The van der Waals surface area contributed by atoms with Crippen LogP contribution in [0.25, 0.3) is 10.2 Å². The summed E-state index contributed by atoms with van der Waals surface area (Å²) < 4.78 is 41.9. The number of nitrogens with zero attached hydrogens (tertiary/aromatic N) is 1. The highest BCUT2D eigenvalue weighted by Crippen LogP contribution is 2.47. The Kier molecular flexibility index (Phi) is 3.11. The first-order chi connectivity index (χ1) is 8.92. The van der Waals surface area contributed by atoms with Gasteiger partial charge in [0.2, 0.25) is 0 Å². The van der Waals surface area contributed by atoms with Crippen LogP contribution in [-0.2, 0) is 5.41 Å². The molecule has 1 saturated heterocycles. The van der Waals surface area contributed by atoms with Crippen LogP contribution in [0.2, 0.25) is 0 Å². The molecule has 0 bridgehead atoms. The molecule has 1 aliphatic rings. The lowest BCUT2D eigenvalue weighted by Crippen LogP contribution is -2.44. The van der Waals surface area contributed by atoms with E-state index >= 15 is 0 Å². The minimum absolute atomic E-state index is 0.0531. The summed E-state index contributed by atoms with van der Waals surface area (Å²) in [4.78, 5) is 4.22. The van der Waals surface area contributed by atoms with Gasteiger partial charge in [0.25, 0.3) is 0 Å². The fourth-order valence-corrected chi connectivity index (χ4v) is 3.87. The fourth-order valence-electron chi connectivity index (χ4n) is 2.34. The molecule has 1 atom stereocenters. The summed E-state index contributed by atoms with van der Waals surface area (Å²) in [6, 6.07) is 5.37. The second kappa shape index (κ2) is 4.43. The molecule has 1 aromatic carbocycles. The maximum absolute atomic E-state index is 13.4. The van der Waals surface area contributed by atoms with Crippen molar-refractivity contribution in [2.75, 3.05) is 13.1 Å². The van der Waals surface area contributed by atoms with E-state index in [2.05, 4.69) is 26.2 Å². The van der Waals surface area contributed by atoms with Gasteiger partial charge in [0.1, 0.15) is 10.4 Å². The summed E-state index contributed by atoms with van der Waals surface area (Å²) >= 11 is 4.45. The standard InChI is InChI=1S/C12H10BrF3N2S/c13-7-1-2-9-8(5-7)18-10(19-9)11(12(14,15)16)3-4-17-6-11/h1-2,5,17H,3-4,6H2. The minimum Gasteiger partial charge on any atom is -0.315 e. The van der Waals surface area contributed by atoms with Gasteiger partial charge in [0.15, 0.2) is 0 Å². The number of fused-ring (bicyclic) bond motifs is 1. The lowest BCUT2D eigenvalue weighted by molar-refractivity contribution is -0.184. The van der Waals surface area contributed by atoms with Crippen LogP contribution in [0.3, 0.4) is 0 Å². The molecule has 1 aliphatic heterocycles. The second-order valence-corrected chi connectivity index (χ2v) is 6.58. The Labute approximate surface area is 120 Å². The molecule has 3 rings (SSSR count). The summed E-state index contributed by atoms with van der Waals surface area (Å²) in [6.45, 7) is 0.288. The number of alkyl halides is 3.